The maximum Gasteiger partial charge on any atom is 0.318 e. The highest BCUT2D eigenvalue weighted by Crippen LogP contribution is 2.24. The van der Waals surface area contributed by atoms with Gasteiger partial charge in [-0.1, -0.05) is 25.1 Å². The minimum absolute atomic E-state index is 0.0247. The summed E-state index contributed by atoms with van der Waals surface area (Å²) < 4.78 is 0. The van der Waals surface area contributed by atoms with Gasteiger partial charge < -0.3 is 20.2 Å². The molecule has 0 unspecified atom stereocenters. The fourth-order valence-electron chi connectivity index (χ4n) is 3.55. The Kier molecular flexibility index (Phi) is 4.52. The second-order valence-electron chi connectivity index (χ2n) is 6.43. The van der Waals surface area contributed by atoms with Crippen LogP contribution in [0.4, 0.5) is 10.5 Å². The summed E-state index contributed by atoms with van der Waals surface area (Å²) in [6, 6.07) is 10.4. The highest BCUT2D eigenvalue weighted by molar-refractivity contribution is 5.75. The number of rotatable bonds is 3. The van der Waals surface area contributed by atoms with E-state index in [0.717, 1.165) is 32.5 Å². The average Bonchev–Trinajstić information content (AvgIpc) is 3.14. The number of nitrogens with zero attached hydrogens (tertiary/aromatic N) is 2. The third kappa shape index (κ3) is 3.04. The Hall–Kier alpha value is -1.75. The second-order valence-corrected chi connectivity index (χ2v) is 6.43. The largest absolute Gasteiger partial charge is 0.394 e. The smallest absolute Gasteiger partial charge is 0.318 e. The molecule has 3 rings (SSSR count). The fraction of sp³-hybridized carbons (Fsp3) is 0.588. The number of aliphatic hydroxyl groups excluding tert-OH is 1. The molecular formula is C17H25N3O2. The molecular weight excluding hydrogens is 278 g/mol. The predicted molar refractivity (Wildman–Crippen MR) is 87.0 cm³/mol. The standard InChI is InChI=1S/C17H25N3O2/c1-13-7-10-20(16(13)12-21)17(22)18-14-8-9-19(11-14)15-5-3-2-4-6-15/h2-6,13-14,16,21H,7-12H2,1H3,(H,18,22)/t13-,14-,16-/m1/s1. The van der Waals surface area contributed by atoms with Crippen molar-refractivity contribution in [3.05, 3.63) is 30.3 Å². The molecule has 0 saturated carbocycles. The van der Waals surface area contributed by atoms with Crippen LogP contribution in [-0.2, 0) is 0 Å². The van der Waals surface area contributed by atoms with E-state index in [1.807, 2.05) is 18.2 Å². The third-order valence-corrected chi connectivity index (χ3v) is 4.97. The molecule has 2 fully saturated rings. The number of hydrogen-bond acceptors (Lipinski definition) is 3. The van der Waals surface area contributed by atoms with Gasteiger partial charge in [-0.3, -0.25) is 0 Å². The van der Waals surface area contributed by atoms with E-state index in [1.165, 1.54) is 5.69 Å². The molecule has 0 aliphatic carbocycles. The molecule has 2 N–H and O–H groups in total. The van der Waals surface area contributed by atoms with Crippen LogP contribution in [0.1, 0.15) is 19.8 Å². The van der Waals surface area contributed by atoms with Crippen molar-refractivity contribution < 1.29 is 9.90 Å². The van der Waals surface area contributed by atoms with Crippen LogP contribution in [0.5, 0.6) is 0 Å². The first-order valence-electron chi connectivity index (χ1n) is 8.17. The molecule has 2 aliphatic rings. The molecule has 1 aromatic rings. The van der Waals surface area contributed by atoms with Crippen molar-refractivity contribution in [3.8, 4) is 0 Å². The first-order valence-corrected chi connectivity index (χ1v) is 8.17. The summed E-state index contributed by atoms with van der Waals surface area (Å²) in [4.78, 5) is 16.6. The molecule has 5 nitrogen and oxygen atoms in total. The molecule has 2 aliphatic heterocycles. The molecule has 3 atom stereocenters. The first kappa shape index (κ1) is 15.2. The summed E-state index contributed by atoms with van der Waals surface area (Å²) in [6.45, 7) is 4.71. The number of benzene rings is 1. The Balaban J connectivity index is 1.55. The lowest BCUT2D eigenvalue weighted by Crippen LogP contribution is -2.49. The monoisotopic (exact) mass is 303 g/mol. The molecule has 2 heterocycles. The normalized spacial score (nSPS) is 28.2. The van der Waals surface area contributed by atoms with Crippen molar-refractivity contribution in [1.82, 2.24) is 10.2 Å². The van der Waals surface area contributed by atoms with Gasteiger partial charge >= 0.3 is 6.03 Å². The number of anilines is 1. The minimum Gasteiger partial charge on any atom is -0.394 e. The Morgan fingerprint density at radius 2 is 2.05 bits per heavy atom. The third-order valence-electron chi connectivity index (χ3n) is 4.97. The zero-order valence-corrected chi connectivity index (χ0v) is 13.1. The number of hydrogen-bond donors (Lipinski definition) is 2. The van der Waals surface area contributed by atoms with Crippen molar-refractivity contribution in [2.75, 3.05) is 31.1 Å². The predicted octanol–water partition coefficient (Wildman–Crippen LogP) is 1.68. The molecule has 22 heavy (non-hydrogen) atoms. The molecule has 2 saturated heterocycles. The van der Waals surface area contributed by atoms with E-state index in [4.69, 9.17) is 0 Å². The van der Waals surface area contributed by atoms with Gasteiger partial charge in [-0.2, -0.15) is 0 Å². The number of amides is 2. The van der Waals surface area contributed by atoms with Gasteiger partial charge in [-0.15, -0.1) is 0 Å². The van der Waals surface area contributed by atoms with Crippen molar-refractivity contribution in [2.45, 2.75) is 31.8 Å². The van der Waals surface area contributed by atoms with Crippen LogP contribution in [0.3, 0.4) is 0 Å². The SMILES string of the molecule is C[C@@H]1CCN(C(=O)N[C@@H]2CCN(c3ccccc3)C2)[C@@H]1CO. The van der Waals surface area contributed by atoms with Gasteiger partial charge in [-0.25, -0.2) is 4.79 Å². The van der Waals surface area contributed by atoms with E-state index in [2.05, 4.69) is 29.3 Å². The number of carbonyl (C=O) groups is 1. The van der Waals surface area contributed by atoms with Crippen LogP contribution in [-0.4, -0.2) is 54.4 Å². The van der Waals surface area contributed by atoms with E-state index in [1.54, 1.807) is 4.90 Å². The van der Waals surface area contributed by atoms with Crippen molar-refractivity contribution in [2.24, 2.45) is 5.92 Å². The Bertz CT molecular complexity index is 508. The van der Waals surface area contributed by atoms with Crippen LogP contribution >= 0.6 is 0 Å². The van der Waals surface area contributed by atoms with Crippen LogP contribution in [0.15, 0.2) is 30.3 Å². The summed E-state index contributed by atoms with van der Waals surface area (Å²) in [7, 11) is 0. The number of aliphatic hydroxyl groups is 1. The highest BCUT2D eigenvalue weighted by atomic mass is 16.3. The lowest BCUT2D eigenvalue weighted by atomic mass is 10.0. The first-order chi connectivity index (χ1) is 10.7. The van der Waals surface area contributed by atoms with E-state index >= 15 is 0 Å². The molecule has 0 bridgehead atoms. The van der Waals surface area contributed by atoms with E-state index in [-0.39, 0.29) is 24.7 Å². The van der Waals surface area contributed by atoms with Gasteiger partial charge in [0, 0.05) is 31.4 Å². The van der Waals surface area contributed by atoms with Crippen LogP contribution < -0.4 is 10.2 Å². The lowest BCUT2D eigenvalue weighted by molar-refractivity contribution is 0.142. The lowest BCUT2D eigenvalue weighted by Gasteiger charge is -2.27. The molecule has 120 valence electrons. The van der Waals surface area contributed by atoms with Crippen LogP contribution in [0.2, 0.25) is 0 Å². The van der Waals surface area contributed by atoms with Gasteiger partial charge in [0.1, 0.15) is 0 Å². The summed E-state index contributed by atoms with van der Waals surface area (Å²) in [6.07, 6.45) is 1.94. The van der Waals surface area contributed by atoms with Crippen LogP contribution in [0.25, 0.3) is 0 Å². The minimum atomic E-state index is -0.0355. The molecule has 1 aromatic carbocycles. The quantitative estimate of drug-likeness (QED) is 0.893. The van der Waals surface area contributed by atoms with Gasteiger partial charge in [-0.05, 0) is 30.9 Å². The molecule has 2 amide bonds. The summed E-state index contributed by atoms with van der Waals surface area (Å²) >= 11 is 0. The number of carbonyl (C=O) groups excluding carboxylic acids is 1. The Labute approximate surface area is 131 Å². The molecule has 0 radical (unpaired) electrons. The topological polar surface area (TPSA) is 55.8 Å². The number of para-hydroxylation sites is 1. The van der Waals surface area contributed by atoms with E-state index in [9.17, 15) is 9.90 Å². The Morgan fingerprint density at radius 1 is 1.27 bits per heavy atom. The number of urea groups is 1. The molecule has 0 spiro atoms. The van der Waals surface area contributed by atoms with Gasteiger partial charge in [0.2, 0.25) is 0 Å². The van der Waals surface area contributed by atoms with Crippen molar-refractivity contribution in [1.29, 1.82) is 0 Å². The fourth-order valence-corrected chi connectivity index (χ4v) is 3.55. The summed E-state index contributed by atoms with van der Waals surface area (Å²) in [5.74, 6) is 0.375. The van der Waals surface area contributed by atoms with Gasteiger partial charge in [0.15, 0.2) is 0 Å². The van der Waals surface area contributed by atoms with E-state index < -0.39 is 0 Å². The van der Waals surface area contributed by atoms with E-state index in [0.29, 0.717) is 5.92 Å². The zero-order valence-electron chi connectivity index (χ0n) is 13.1. The highest BCUT2D eigenvalue weighted by Gasteiger charge is 2.35. The molecule has 5 heteroatoms. The zero-order chi connectivity index (χ0) is 15.5. The maximum absolute atomic E-state index is 12.4. The number of likely N-dealkylation sites (tertiary alicyclic amines) is 1. The van der Waals surface area contributed by atoms with Crippen molar-refractivity contribution in [3.63, 3.8) is 0 Å². The van der Waals surface area contributed by atoms with Crippen LogP contribution in [0, 0.1) is 5.92 Å². The number of nitrogens with one attached hydrogen (secondary N) is 1. The maximum atomic E-state index is 12.4. The Morgan fingerprint density at radius 3 is 2.77 bits per heavy atom. The van der Waals surface area contributed by atoms with Crippen molar-refractivity contribution >= 4 is 11.7 Å². The molecule has 0 aromatic heterocycles. The summed E-state index contributed by atoms with van der Waals surface area (Å²) in [5, 5.41) is 12.6. The second kappa shape index (κ2) is 6.57. The van der Waals surface area contributed by atoms with Gasteiger partial charge in [0.05, 0.1) is 12.6 Å². The summed E-state index contributed by atoms with van der Waals surface area (Å²) in [5.41, 5.74) is 1.21. The van der Waals surface area contributed by atoms with Gasteiger partial charge in [0.25, 0.3) is 0 Å². The average molecular weight is 303 g/mol.